The van der Waals surface area contributed by atoms with E-state index in [0.29, 0.717) is 0 Å². The lowest BCUT2D eigenvalue weighted by Gasteiger charge is -2.26. The topological polar surface area (TPSA) is 28.4 Å². The molecular formula is C19H19FN2O. The van der Waals surface area contributed by atoms with Crippen molar-refractivity contribution in [2.24, 2.45) is 0 Å². The first kappa shape index (κ1) is 14.4. The number of benzene rings is 2. The molecule has 0 radical (unpaired) electrons. The Bertz CT molecular complexity index is 821. The monoisotopic (exact) mass is 310 g/mol. The van der Waals surface area contributed by atoms with Crippen LogP contribution in [-0.2, 0) is 6.54 Å². The van der Waals surface area contributed by atoms with Crippen molar-refractivity contribution in [1.29, 1.82) is 0 Å². The molecule has 0 atom stereocenters. The molecule has 0 unspecified atom stereocenters. The number of hydrogen-bond donors (Lipinski definition) is 1. The number of nitrogens with one attached hydrogen (secondary N) is 1. The van der Waals surface area contributed by atoms with Gasteiger partial charge in [0.25, 0.3) is 0 Å². The Morgan fingerprint density at radius 2 is 1.83 bits per heavy atom. The number of hydrogen-bond acceptors (Lipinski definition) is 3. The molecule has 1 aromatic heterocycles. The van der Waals surface area contributed by atoms with Crippen LogP contribution in [0.5, 0.6) is 0 Å². The molecule has 0 aliphatic carbocycles. The fraction of sp³-hybridized carbons (Fsp3) is 0.263. The van der Waals surface area contributed by atoms with Crippen molar-refractivity contribution >= 4 is 11.0 Å². The Kier molecular flexibility index (Phi) is 3.85. The summed E-state index contributed by atoms with van der Waals surface area (Å²) in [5.74, 6) is 0.771. The highest BCUT2D eigenvalue weighted by atomic mass is 19.1. The number of piperazine rings is 1. The van der Waals surface area contributed by atoms with Crippen molar-refractivity contribution in [3.05, 3.63) is 60.1 Å². The lowest BCUT2D eigenvalue weighted by Crippen LogP contribution is -2.42. The highest BCUT2D eigenvalue weighted by Crippen LogP contribution is 2.27. The van der Waals surface area contributed by atoms with Crippen LogP contribution in [0.1, 0.15) is 5.76 Å². The summed E-state index contributed by atoms with van der Waals surface area (Å²) in [6, 6.07) is 14.8. The summed E-state index contributed by atoms with van der Waals surface area (Å²) < 4.78 is 19.4. The Balaban J connectivity index is 1.61. The third-order valence-corrected chi connectivity index (χ3v) is 4.31. The first-order valence-electron chi connectivity index (χ1n) is 7.99. The molecule has 3 nitrogen and oxygen atoms in total. The van der Waals surface area contributed by atoms with E-state index in [2.05, 4.69) is 22.3 Å². The molecule has 4 heteroatoms. The summed E-state index contributed by atoms with van der Waals surface area (Å²) in [6.45, 7) is 5.00. The number of rotatable bonds is 3. The van der Waals surface area contributed by atoms with E-state index >= 15 is 0 Å². The van der Waals surface area contributed by atoms with E-state index < -0.39 is 0 Å². The number of fused-ring (bicyclic) bond motifs is 1. The molecule has 23 heavy (non-hydrogen) atoms. The highest BCUT2D eigenvalue weighted by Gasteiger charge is 2.13. The number of furan rings is 1. The predicted octanol–water partition coefficient (Wildman–Crippen LogP) is 3.64. The predicted molar refractivity (Wildman–Crippen MR) is 89.8 cm³/mol. The van der Waals surface area contributed by atoms with Gasteiger partial charge in [0, 0.05) is 31.6 Å². The highest BCUT2D eigenvalue weighted by molar-refractivity contribution is 5.84. The van der Waals surface area contributed by atoms with E-state index in [1.54, 1.807) is 12.1 Å². The molecule has 0 saturated carbocycles. The van der Waals surface area contributed by atoms with Gasteiger partial charge in [-0.3, -0.25) is 4.90 Å². The van der Waals surface area contributed by atoms with Crippen molar-refractivity contribution in [3.8, 4) is 11.1 Å². The van der Waals surface area contributed by atoms with Gasteiger partial charge in [0.1, 0.15) is 17.2 Å². The molecule has 0 bridgehead atoms. The Morgan fingerprint density at radius 1 is 1.00 bits per heavy atom. The molecule has 1 N–H and O–H groups in total. The quantitative estimate of drug-likeness (QED) is 0.800. The van der Waals surface area contributed by atoms with Gasteiger partial charge in [0.2, 0.25) is 0 Å². The average Bonchev–Trinajstić information content (AvgIpc) is 2.97. The van der Waals surface area contributed by atoms with Crippen LogP contribution in [0.25, 0.3) is 22.1 Å². The molecule has 0 amide bonds. The lowest BCUT2D eigenvalue weighted by molar-refractivity contribution is 0.218. The van der Waals surface area contributed by atoms with Gasteiger partial charge in [-0.05, 0) is 41.5 Å². The van der Waals surface area contributed by atoms with Crippen molar-refractivity contribution in [2.75, 3.05) is 26.2 Å². The normalized spacial score (nSPS) is 16.0. The van der Waals surface area contributed by atoms with E-state index in [1.165, 1.54) is 6.07 Å². The first-order chi connectivity index (χ1) is 11.3. The second kappa shape index (κ2) is 6.14. The van der Waals surface area contributed by atoms with Crippen LogP contribution in [-0.4, -0.2) is 31.1 Å². The van der Waals surface area contributed by atoms with Gasteiger partial charge in [-0.2, -0.15) is 0 Å². The molecule has 1 aliphatic heterocycles. The Hall–Kier alpha value is -2.17. The molecule has 2 heterocycles. The standard InChI is InChI=1S/C19H19FN2O/c20-17-3-1-2-14(11-17)15-4-5-19-16(10-15)12-18(23-19)13-22-8-6-21-7-9-22/h1-5,10-12,21H,6-9,13H2. The fourth-order valence-electron chi connectivity index (χ4n) is 3.11. The zero-order valence-electron chi connectivity index (χ0n) is 12.9. The minimum atomic E-state index is -0.214. The summed E-state index contributed by atoms with van der Waals surface area (Å²) in [4.78, 5) is 2.39. The van der Waals surface area contributed by atoms with Gasteiger partial charge < -0.3 is 9.73 Å². The average molecular weight is 310 g/mol. The summed E-state index contributed by atoms with van der Waals surface area (Å²) in [5.41, 5.74) is 2.78. The summed E-state index contributed by atoms with van der Waals surface area (Å²) in [6.07, 6.45) is 0. The lowest BCUT2D eigenvalue weighted by atomic mass is 10.0. The van der Waals surface area contributed by atoms with E-state index in [9.17, 15) is 4.39 Å². The van der Waals surface area contributed by atoms with Crippen molar-refractivity contribution in [3.63, 3.8) is 0 Å². The Morgan fingerprint density at radius 3 is 2.65 bits per heavy atom. The van der Waals surface area contributed by atoms with Gasteiger partial charge in [0.05, 0.1) is 6.54 Å². The van der Waals surface area contributed by atoms with E-state index in [0.717, 1.165) is 60.6 Å². The van der Waals surface area contributed by atoms with Crippen LogP contribution in [0.3, 0.4) is 0 Å². The van der Waals surface area contributed by atoms with Crippen LogP contribution < -0.4 is 5.32 Å². The Labute approximate surface area is 134 Å². The molecule has 1 aliphatic rings. The van der Waals surface area contributed by atoms with Crippen molar-refractivity contribution in [2.45, 2.75) is 6.54 Å². The van der Waals surface area contributed by atoms with Gasteiger partial charge in [-0.15, -0.1) is 0 Å². The van der Waals surface area contributed by atoms with Gasteiger partial charge >= 0.3 is 0 Å². The van der Waals surface area contributed by atoms with E-state index in [4.69, 9.17) is 4.42 Å². The molecule has 1 fully saturated rings. The molecule has 3 aromatic rings. The largest absolute Gasteiger partial charge is 0.460 e. The summed E-state index contributed by atoms with van der Waals surface area (Å²) in [7, 11) is 0. The van der Waals surface area contributed by atoms with Crippen LogP contribution in [0.4, 0.5) is 4.39 Å². The third-order valence-electron chi connectivity index (χ3n) is 4.31. The summed E-state index contributed by atoms with van der Waals surface area (Å²) in [5, 5.41) is 4.42. The van der Waals surface area contributed by atoms with Gasteiger partial charge in [-0.1, -0.05) is 18.2 Å². The molecule has 118 valence electrons. The molecular weight excluding hydrogens is 291 g/mol. The van der Waals surface area contributed by atoms with Crippen LogP contribution >= 0.6 is 0 Å². The maximum Gasteiger partial charge on any atom is 0.134 e. The number of nitrogens with zero attached hydrogens (tertiary/aromatic N) is 1. The maximum absolute atomic E-state index is 13.4. The molecule has 1 saturated heterocycles. The van der Waals surface area contributed by atoms with Crippen molar-refractivity contribution in [1.82, 2.24) is 10.2 Å². The number of halogens is 1. The van der Waals surface area contributed by atoms with Crippen LogP contribution in [0.15, 0.2) is 52.9 Å². The summed E-state index contributed by atoms with van der Waals surface area (Å²) >= 11 is 0. The third kappa shape index (κ3) is 3.14. The SMILES string of the molecule is Fc1cccc(-c2ccc3oc(CN4CCNCC4)cc3c2)c1. The van der Waals surface area contributed by atoms with Crippen LogP contribution in [0.2, 0.25) is 0 Å². The zero-order valence-corrected chi connectivity index (χ0v) is 12.9. The van der Waals surface area contributed by atoms with Gasteiger partial charge in [-0.25, -0.2) is 4.39 Å². The van der Waals surface area contributed by atoms with Gasteiger partial charge in [0.15, 0.2) is 0 Å². The van der Waals surface area contributed by atoms with E-state index in [-0.39, 0.29) is 5.82 Å². The van der Waals surface area contributed by atoms with Crippen molar-refractivity contribution < 1.29 is 8.81 Å². The second-order valence-electron chi connectivity index (χ2n) is 6.00. The smallest absolute Gasteiger partial charge is 0.134 e. The molecule has 4 rings (SSSR count). The maximum atomic E-state index is 13.4. The fourth-order valence-corrected chi connectivity index (χ4v) is 3.11. The minimum absolute atomic E-state index is 0.214. The van der Waals surface area contributed by atoms with E-state index in [1.807, 2.05) is 18.2 Å². The second-order valence-corrected chi connectivity index (χ2v) is 6.00. The van der Waals surface area contributed by atoms with Crippen LogP contribution in [0, 0.1) is 5.82 Å². The molecule has 0 spiro atoms. The zero-order chi connectivity index (χ0) is 15.6. The first-order valence-corrected chi connectivity index (χ1v) is 7.99. The molecule has 2 aromatic carbocycles. The minimum Gasteiger partial charge on any atom is -0.460 e.